The number of nitrogens with zero attached hydrogens (tertiary/aromatic N) is 7. The maximum absolute atomic E-state index is 6.84. The number of para-hydroxylation sites is 6. The van der Waals surface area contributed by atoms with E-state index < -0.39 is 0 Å². The molecule has 6 heterocycles. The number of hydrogen-bond acceptors (Lipinski definition) is 7. The maximum Gasteiger partial charge on any atom is 0.252 e. The number of fused-ring (bicyclic) bond motifs is 11. The molecule has 0 fully saturated rings. The standard InChI is InChI=1S/C86H54BN7O/c1-6-24-56(25-7-1)70-53-72(90-85(88-70)58-28-10-3-11-29-58)60-46-48-75(94-74-38-20-16-35-66(74)82-78(94)49-47-65-64-34-17-23-41-81(64)95-84(65)82)67(50-60)73-54-71(57-26-8-2-9-27-57)89-86(91-73)59-44-42-55(43-45-59)61-51-79-83-80(52-61)93(63-32-14-5-15-33-63)77-40-22-19-37-69(77)87(83)68-36-18-21-39-76(68)92(79)62-30-12-4-13-31-62/h1-54H. The maximum atomic E-state index is 6.84. The summed E-state index contributed by atoms with van der Waals surface area (Å²) in [6.45, 7) is 0.00947. The largest absolute Gasteiger partial charge is 0.455 e. The fraction of sp³-hybridized carbons (Fsp3) is 0. The van der Waals surface area contributed by atoms with Crippen LogP contribution in [0.4, 0.5) is 34.1 Å². The number of aromatic nitrogens is 5. The Morgan fingerprint density at radius 1 is 0.284 bits per heavy atom. The molecule has 0 amide bonds. The lowest BCUT2D eigenvalue weighted by Crippen LogP contribution is -2.61. The Kier molecular flexibility index (Phi) is 12.5. The zero-order chi connectivity index (χ0) is 62.5. The zero-order valence-corrected chi connectivity index (χ0v) is 51.3. The van der Waals surface area contributed by atoms with Crippen LogP contribution < -0.4 is 26.2 Å². The second kappa shape index (κ2) is 22.0. The van der Waals surface area contributed by atoms with Crippen molar-refractivity contribution in [2.45, 2.75) is 0 Å². The minimum atomic E-state index is 0.00947. The van der Waals surface area contributed by atoms with E-state index in [1.165, 1.54) is 27.8 Å². The third-order valence-electron chi connectivity index (χ3n) is 19.0. The third-order valence-corrected chi connectivity index (χ3v) is 19.0. The Balaban J connectivity index is 0.819. The van der Waals surface area contributed by atoms with Crippen molar-refractivity contribution in [3.8, 4) is 84.6 Å². The van der Waals surface area contributed by atoms with E-state index in [4.69, 9.17) is 24.4 Å². The van der Waals surface area contributed by atoms with E-state index in [2.05, 4.69) is 306 Å². The molecule has 2 aliphatic rings. The SMILES string of the molecule is c1ccc(-c2cc(-c3ccc(-n4c5ccccc5c5c6oc7ccccc7c6ccc54)c(-c4cc(-c5ccccc5)nc(-c5ccc(-c6cc7c8c(c6)N(c6ccccc6)c6ccccc6B8c6ccccc6N7c6ccccc6)cc5)n4)c3)nc(-c3ccccc3)n2)cc1. The quantitative estimate of drug-likeness (QED) is 0.126. The molecule has 8 nitrogen and oxygen atoms in total. The van der Waals surface area contributed by atoms with Gasteiger partial charge in [0.2, 0.25) is 0 Å². The highest BCUT2D eigenvalue weighted by atomic mass is 16.3. The highest BCUT2D eigenvalue weighted by Crippen LogP contribution is 2.48. The molecule has 17 aromatic rings. The predicted octanol–water partition coefficient (Wildman–Crippen LogP) is 20.0. The monoisotopic (exact) mass is 1210 g/mol. The van der Waals surface area contributed by atoms with Gasteiger partial charge in [-0.15, -0.1) is 0 Å². The lowest BCUT2D eigenvalue weighted by Gasteiger charge is -2.44. The molecule has 2 aliphatic heterocycles. The van der Waals surface area contributed by atoms with Crippen LogP contribution in [0, 0.1) is 0 Å². The lowest BCUT2D eigenvalue weighted by molar-refractivity contribution is 0.673. The zero-order valence-electron chi connectivity index (χ0n) is 51.3. The highest BCUT2D eigenvalue weighted by Gasteiger charge is 2.43. The Labute approximate surface area is 548 Å². The molecule has 0 saturated heterocycles. The second-order valence-electron chi connectivity index (χ2n) is 24.4. The van der Waals surface area contributed by atoms with Crippen LogP contribution in [0.25, 0.3) is 128 Å². The van der Waals surface area contributed by atoms with Crippen LogP contribution in [0.5, 0.6) is 0 Å². The van der Waals surface area contributed by atoms with Crippen LogP contribution in [0.2, 0.25) is 0 Å². The topological polar surface area (TPSA) is 76.1 Å². The molecule has 0 atom stereocenters. The molecule has 0 bridgehead atoms. The van der Waals surface area contributed by atoms with Crippen LogP contribution in [0.15, 0.2) is 332 Å². The Bertz CT molecular complexity index is 5690. The van der Waals surface area contributed by atoms with Crippen molar-refractivity contribution in [1.82, 2.24) is 24.5 Å². The molecule has 0 saturated carbocycles. The van der Waals surface area contributed by atoms with E-state index in [9.17, 15) is 0 Å². The van der Waals surface area contributed by atoms with Crippen LogP contribution in [-0.4, -0.2) is 31.2 Å². The Morgan fingerprint density at radius 2 is 0.747 bits per heavy atom. The summed E-state index contributed by atoms with van der Waals surface area (Å²) in [7, 11) is 0. The average molecular weight is 1210 g/mol. The summed E-state index contributed by atoms with van der Waals surface area (Å²) >= 11 is 0. The first-order valence-electron chi connectivity index (χ1n) is 32.2. The summed E-state index contributed by atoms with van der Waals surface area (Å²) in [5, 5.41) is 4.30. The normalized spacial score (nSPS) is 12.4. The van der Waals surface area contributed by atoms with Crippen molar-refractivity contribution in [3.05, 3.63) is 328 Å². The van der Waals surface area contributed by atoms with Gasteiger partial charge in [0, 0.05) is 83.7 Å². The van der Waals surface area contributed by atoms with E-state index in [1.807, 2.05) is 36.4 Å². The number of rotatable bonds is 10. The van der Waals surface area contributed by atoms with Gasteiger partial charge in [-0.1, -0.05) is 231 Å². The van der Waals surface area contributed by atoms with Gasteiger partial charge in [-0.3, -0.25) is 0 Å². The molecule has 9 heteroatoms. The first-order valence-corrected chi connectivity index (χ1v) is 32.2. The summed E-state index contributed by atoms with van der Waals surface area (Å²) in [5.74, 6) is 1.23. The van der Waals surface area contributed by atoms with Crippen molar-refractivity contribution in [1.29, 1.82) is 0 Å². The van der Waals surface area contributed by atoms with Gasteiger partial charge in [0.25, 0.3) is 6.71 Å². The first kappa shape index (κ1) is 54.1. The molecule has 0 spiro atoms. The van der Waals surface area contributed by atoms with E-state index in [0.717, 1.165) is 139 Å². The van der Waals surface area contributed by atoms with Gasteiger partial charge in [0.05, 0.1) is 44.9 Å². The van der Waals surface area contributed by atoms with Crippen molar-refractivity contribution < 1.29 is 4.42 Å². The molecule has 0 radical (unpaired) electrons. The molecule has 13 aromatic carbocycles. The average Bonchev–Trinajstić information content (AvgIpc) is 1.59. The van der Waals surface area contributed by atoms with Crippen molar-refractivity contribution >= 4 is 101 Å². The molecule has 4 aromatic heterocycles. The predicted molar refractivity (Wildman–Crippen MR) is 391 cm³/mol. The fourth-order valence-corrected chi connectivity index (χ4v) is 14.7. The van der Waals surface area contributed by atoms with Crippen molar-refractivity contribution in [3.63, 3.8) is 0 Å². The number of anilines is 6. The highest BCUT2D eigenvalue weighted by molar-refractivity contribution is 7.00. The van der Waals surface area contributed by atoms with Gasteiger partial charge >= 0.3 is 0 Å². The van der Waals surface area contributed by atoms with Crippen molar-refractivity contribution in [2.75, 3.05) is 9.80 Å². The minimum absolute atomic E-state index is 0.00947. The van der Waals surface area contributed by atoms with E-state index in [1.54, 1.807) is 0 Å². The molecule has 95 heavy (non-hydrogen) atoms. The number of benzene rings is 13. The van der Waals surface area contributed by atoms with Crippen molar-refractivity contribution in [2.24, 2.45) is 0 Å². The summed E-state index contributed by atoms with van der Waals surface area (Å²) in [6.07, 6.45) is 0. The summed E-state index contributed by atoms with van der Waals surface area (Å²) in [4.78, 5) is 26.7. The van der Waals surface area contributed by atoms with Gasteiger partial charge in [-0.25, -0.2) is 19.9 Å². The minimum Gasteiger partial charge on any atom is -0.455 e. The van der Waals surface area contributed by atoms with Gasteiger partial charge in [-0.2, -0.15) is 0 Å². The fourth-order valence-electron chi connectivity index (χ4n) is 14.7. The third kappa shape index (κ3) is 8.92. The summed E-state index contributed by atoms with van der Waals surface area (Å²) in [6, 6.07) is 116. The Hall–Kier alpha value is -12.7. The van der Waals surface area contributed by atoms with Gasteiger partial charge in [0.15, 0.2) is 11.6 Å². The lowest BCUT2D eigenvalue weighted by atomic mass is 9.33. The second-order valence-corrected chi connectivity index (χ2v) is 24.4. The number of hydrogen-bond donors (Lipinski definition) is 0. The molecular formula is C86H54BN7O. The molecule has 0 N–H and O–H groups in total. The van der Waals surface area contributed by atoms with Crippen LogP contribution >= 0.6 is 0 Å². The molecule has 19 rings (SSSR count). The smallest absolute Gasteiger partial charge is 0.252 e. The van der Waals surface area contributed by atoms with Crippen LogP contribution in [0.3, 0.4) is 0 Å². The van der Waals surface area contributed by atoms with Gasteiger partial charge in [-0.05, 0) is 125 Å². The van der Waals surface area contributed by atoms with E-state index in [0.29, 0.717) is 11.6 Å². The van der Waals surface area contributed by atoms with E-state index in [-0.39, 0.29) is 6.71 Å². The van der Waals surface area contributed by atoms with Crippen LogP contribution in [0.1, 0.15) is 0 Å². The Morgan fingerprint density at radius 3 is 1.36 bits per heavy atom. The molecule has 442 valence electrons. The molecule has 0 unspecified atom stereocenters. The summed E-state index contributed by atoms with van der Waals surface area (Å²) in [5.41, 5.74) is 26.3. The first-order chi connectivity index (χ1) is 47.1. The van der Waals surface area contributed by atoms with Gasteiger partial charge < -0.3 is 18.8 Å². The number of furan rings is 1. The summed E-state index contributed by atoms with van der Waals surface area (Å²) < 4.78 is 9.22. The molecular weight excluding hydrogens is 1160 g/mol. The molecule has 0 aliphatic carbocycles. The van der Waals surface area contributed by atoms with E-state index >= 15 is 0 Å². The van der Waals surface area contributed by atoms with Gasteiger partial charge in [0.1, 0.15) is 11.2 Å². The van der Waals surface area contributed by atoms with Crippen LogP contribution in [-0.2, 0) is 0 Å².